The topological polar surface area (TPSA) is 51.2 Å². The molecule has 1 heterocycles. The number of hydrogen-bond acceptors (Lipinski definition) is 5. The molecule has 1 N–H and O–H groups in total. The fourth-order valence-corrected chi connectivity index (χ4v) is 2.36. The van der Waals surface area contributed by atoms with Gasteiger partial charge in [-0.25, -0.2) is 4.98 Å². The molecule has 0 spiro atoms. The lowest BCUT2D eigenvalue weighted by molar-refractivity contribution is -0.138. The van der Waals surface area contributed by atoms with Gasteiger partial charge in [0.1, 0.15) is 6.54 Å². The molecule has 0 radical (unpaired) electrons. The normalized spacial score (nSPS) is 10.4. The van der Waals surface area contributed by atoms with Gasteiger partial charge >= 0.3 is 5.97 Å². The van der Waals surface area contributed by atoms with E-state index in [2.05, 4.69) is 15.0 Å². The highest BCUT2D eigenvalue weighted by atomic mass is 35.5. The van der Waals surface area contributed by atoms with Crippen molar-refractivity contribution in [2.24, 2.45) is 0 Å². The van der Waals surface area contributed by atoms with Gasteiger partial charge in [0, 0.05) is 0 Å². The van der Waals surface area contributed by atoms with Crippen LogP contribution in [-0.4, -0.2) is 24.6 Å². The maximum Gasteiger partial charge on any atom is 0.325 e. The van der Waals surface area contributed by atoms with Crippen molar-refractivity contribution in [3.63, 3.8) is 0 Å². The van der Waals surface area contributed by atoms with E-state index >= 15 is 0 Å². The number of thiazole rings is 1. The van der Waals surface area contributed by atoms with Gasteiger partial charge in [-0.2, -0.15) is 0 Å². The van der Waals surface area contributed by atoms with E-state index in [1.54, 1.807) is 0 Å². The number of carbonyl (C=O) groups is 1. The molecule has 0 saturated heterocycles. The number of esters is 1. The summed E-state index contributed by atoms with van der Waals surface area (Å²) in [5, 5.41) is 4.21. The maximum atomic E-state index is 10.9. The summed E-state index contributed by atoms with van der Waals surface area (Å²) in [6, 6.07) is 5.53. The third-order valence-electron chi connectivity index (χ3n) is 1.98. The van der Waals surface area contributed by atoms with E-state index in [9.17, 15) is 4.79 Å². The van der Waals surface area contributed by atoms with Crippen molar-refractivity contribution in [1.29, 1.82) is 0 Å². The van der Waals surface area contributed by atoms with Crippen molar-refractivity contribution in [2.45, 2.75) is 0 Å². The van der Waals surface area contributed by atoms with Crippen molar-refractivity contribution in [3.05, 3.63) is 23.2 Å². The van der Waals surface area contributed by atoms with Gasteiger partial charge in [0.15, 0.2) is 5.13 Å². The average Bonchev–Trinajstić information content (AvgIpc) is 2.70. The van der Waals surface area contributed by atoms with Crippen LogP contribution >= 0.6 is 22.9 Å². The Kier molecular flexibility index (Phi) is 3.26. The molecule has 2 rings (SSSR count). The number of aromatic nitrogens is 1. The smallest absolute Gasteiger partial charge is 0.325 e. The zero-order valence-electron chi connectivity index (χ0n) is 8.49. The number of fused-ring (bicyclic) bond motifs is 1. The molecule has 84 valence electrons. The molecule has 0 bridgehead atoms. The molecule has 0 saturated carbocycles. The maximum absolute atomic E-state index is 10.9. The Morgan fingerprint density at radius 2 is 2.44 bits per heavy atom. The first-order chi connectivity index (χ1) is 7.70. The Morgan fingerprint density at radius 3 is 3.12 bits per heavy atom. The van der Waals surface area contributed by atoms with Crippen LogP contribution in [0.15, 0.2) is 18.2 Å². The predicted molar refractivity (Wildman–Crippen MR) is 65.1 cm³/mol. The van der Waals surface area contributed by atoms with E-state index in [4.69, 9.17) is 11.6 Å². The first-order valence-electron chi connectivity index (χ1n) is 4.56. The summed E-state index contributed by atoms with van der Waals surface area (Å²) < 4.78 is 5.43. The zero-order chi connectivity index (χ0) is 11.5. The van der Waals surface area contributed by atoms with E-state index in [1.165, 1.54) is 18.4 Å². The molecule has 0 unspecified atom stereocenters. The number of carbonyl (C=O) groups excluding carboxylic acids is 1. The van der Waals surface area contributed by atoms with E-state index in [0.717, 1.165) is 10.2 Å². The Labute approximate surface area is 101 Å². The molecule has 4 nitrogen and oxygen atoms in total. The Morgan fingerprint density at radius 1 is 1.62 bits per heavy atom. The van der Waals surface area contributed by atoms with Crippen LogP contribution in [0.4, 0.5) is 5.13 Å². The van der Waals surface area contributed by atoms with E-state index in [1.807, 2.05) is 18.2 Å². The summed E-state index contributed by atoms with van der Waals surface area (Å²) >= 11 is 7.43. The lowest BCUT2D eigenvalue weighted by Gasteiger charge is -1.98. The largest absolute Gasteiger partial charge is 0.468 e. The predicted octanol–water partition coefficient (Wildman–Crippen LogP) is 2.53. The summed E-state index contributed by atoms with van der Waals surface area (Å²) in [7, 11) is 1.35. The summed E-state index contributed by atoms with van der Waals surface area (Å²) in [5.74, 6) is -0.328. The molecular formula is C10H9ClN2O2S. The van der Waals surface area contributed by atoms with Gasteiger partial charge < -0.3 is 10.1 Å². The number of anilines is 1. The zero-order valence-corrected chi connectivity index (χ0v) is 10.1. The highest BCUT2D eigenvalue weighted by molar-refractivity contribution is 7.22. The van der Waals surface area contributed by atoms with Crippen LogP contribution in [0.1, 0.15) is 0 Å². The molecule has 16 heavy (non-hydrogen) atoms. The van der Waals surface area contributed by atoms with Gasteiger partial charge in [0.2, 0.25) is 0 Å². The number of nitrogens with one attached hydrogen (secondary N) is 1. The fraction of sp³-hybridized carbons (Fsp3) is 0.200. The number of methoxy groups -OCH3 is 1. The minimum atomic E-state index is -0.328. The Bertz CT molecular complexity index is 527. The molecule has 0 aliphatic heterocycles. The Hall–Kier alpha value is -1.33. The molecule has 0 aliphatic carbocycles. The molecule has 0 aliphatic rings. The van der Waals surface area contributed by atoms with Crippen LogP contribution in [0, 0.1) is 0 Å². The van der Waals surface area contributed by atoms with Crippen molar-refractivity contribution in [1.82, 2.24) is 4.98 Å². The molecule has 0 amide bonds. The summed E-state index contributed by atoms with van der Waals surface area (Å²) in [6.45, 7) is 0.105. The van der Waals surface area contributed by atoms with Crippen LogP contribution in [0.25, 0.3) is 10.2 Å². The van der Waals surface area contributed by atoms with Crippen LogP contribution in [0.2, 0.25) is 5.02 Å². The van der Waals surface area contributed by atoms with Crippen LogP contribution < -0.4 is 5.32 Å². The first-order valence-corrected chi connectivity index (χ1v) is 5.76. The van der Waals surface area contributed by atoms with Gasteiger partial charge in [-0.05, 0) is 12.1 Å². The monoisotopic (exact) mass is 256 g/mol. The third kappa shape index (κ3) is 2.25. The standard InChI is InChI=1S/C10H9ClN2O2S/c1-15-8(14)5-12-10-13-7-4-2-3-6(11)9(7)16-10/h2-4H,5H2,1H3,(H,12,13). The number of nitrogens with zero attached hydrogens (tertiary/aromatic N) is 1. The molecule has 6 heteroatoms. The Balaban J connectivity index is 2.20. The lowest BCUT2D eigenvalue weighted by Crippen LogP contribution is -2.14. The minimum absolute atomic E-state index is 0.105. The van der Waals surface area contributed by atoms with Crippen molar-refractivity contribution in [2.75, 3.05) is 19.0 Å². The molecule has 1 aromatic heterocycles. The summed E-state index contributed by atoms with van der Waals surface area (Å²) in [5.41, 5.74) is 0.824. The van der Waals surface area contributed by atoms with E-state index in [0.29, 0.717) is 10.2 Å². The number of benzene rings is 1. The van der Waals surface area contributed by atoms with Gasteiger partial charge in [-0.15, -0.1) is 0 Å². The highest BCUT2D eigenvalue weighted by Crippen LogP contribution is 2.31. The quantitative estimate of drug-likeness (QED) is 0.858. The van der Waals surface area contributed by atoms with Crippen LogP contribution in [0.3, 0.4) is 0 Å². The number of ether oxygens (including phenoxy) is 1. The van der Waals surface area contributed by atoms with Gasteiger partial charge in [-0.3, -0.25) is 4.79 Å². The first kappa shape index (κ1) is 11.2. The number of rotatable bonds is 3. The lowest BCUT2D eigenvalue weighted by atomic mass is 10.3. The second kappa shape index (κ2) is 4.67. The molecule has 0 atom stereocenters. The summed E-state index contributed by atoms with van der Waals surface area (Å²) in [6.07, 6.45) is 0. The minimum Gasteiger partial charge on any atom is -0.468 e. The van der Waals surface area contributed by atoms with Crippen molar-refractivity contribution < 1.29 is 9.53 Å². The van der Waals surface area contributed by atoms with E-state index < -0.39 is 0 Å². The number of halogens is 1. The molecular weight excluding hydrogens is 248 g/mol. The summed E-state index contributed by atoms with van der Waals surface area (Å²) in [4.78, 5) is 15.2. The van der Waals surface area contributed by atoms with Gasteiger partial charge in [0.05, 0.1) is 22.3 Å². The van der Waals surface area contributed by atoms with Crippen LogP contribution in [-0.2, 0) is 9.53 Å². The molecule has 0 fully saturated rings. The van der Waals surface area contributed by atoms with Crippen LogP contribution in [0.5, 0.6) is 0 Å². The molecule has 1 aromatic carbocycles. The van der Waals surface area contributed by atoms with Gasteiger partial charge in [0.25, 0.3) is 0 Å². The average molecular weight is 257 g/mol. The van der Waals surface area contributed by atoms with Crippen molar-refractivity contribution >= 4 is 44.3 Å². The second-order valence-corrected chi connectivity index (χ2v) is 4.44. The van der Waals surface area contributed by atoms with Gasteiger partial charge in [-0.1, -0.05) is 29.0 Å². The van der Waals surface area contributed by atoms with E-state index in [-0.39, 0.29) is 12.5 Å². The second-order valence-electron chi connectivity index (χ2n) is 3.04. The number of hydrogen-bond donors (Lipinski definition) is 1. The highest BCUT2D eigenvalue weighted by Gasteiger charge is 2.07. The SMILES string of the molecule is COC(=O)CNc1nc2cccc(Cl)c2s1. The van der Waals surface area contributed by atoms with Crippen molar-refractivity contribution in [3.8, 4) is 0 Å². The third-order valence-corrected chi connectivity index (χ3v) is 3.47. The fourth-order valence-electron chi connectivity index (χ4n) is 1.21. The molecule has 2 aromatic rings.